The summed E-state index contributed by atoms with van der Waals surface area (Å²) in [5, 5.41) is 0. The minimum absolute atomic E-state index is 0.164. The van der Waals surface area contributed by atoms with E-state index in [1.807, 2.05) is 12.1 Å². The van der Waals surface area contributed by atoms with Gasteiger partial charge in [0.15, 0.2) is 23.1 Å². The van der Waals surface area contributed by atoms with E-state index >= 15 is 0 Å². The molecule has 2 aliphatic rings. The third kappa shape index (κ3) is 2.32. The number of ether oxygens (including phenoxy) is 2. The summed E-state index contributed by atoms with van der Waals surface area (Å²) in [5.41, 5.74) is 1.57. The molecule has 0 amide bonds. The first-order valence-electron chi connectivity index (χ1n) is 7.59. The highest BCUT2D eigenvalue weighted by atomic mass is 19.1. The first-order valence-corrected chi connectivity index (χ1v) is 7.59. The van der Waals surface area contributed by atoms with Crippen molar-refractivity contribution in [1.29, 1.82) is 0 Å². The lowest BCUT2D eigenvalue weighted by Gasteiger charge is -2.32. The third-order valence-electron chi connectivity index (χ3n) is 4.37. The van der Waals surface area contributed by atoms with Crippen molar-refractivity contribution >= 4 is 0 Å². The second-order valence-electron chi connectivity index (χ2n) is 5.92. The van der Waals surface area contributed by atoms with Crippen molar-refractivity contribution in [2.24, 2.45) is 0 Å². The Morgan fingerprint density at radius 2 is 1.18 bits per heavy atom. The van der Waals surface area contributed by atoms with E-state index < -0.39 is 0 Å². The fraction of sp³-hybridized carbons (Fsp3) is 0.333. The van der Waals surface area contributed by atoms with Crippen molar-refractivity contribution in [2.45, 2.75) is 37.9 Å². The predicted octanol–water partition coefficient (Wildman–Crippen LogP) is 4.05. The van der Waals surface area contributed by atoms with E-state index in [4.69, 9.17) is 9.47 Å². The highest BCUT2D eigenvalue weighted by Gasteiger charge is 2.29. The Morgan fingerprint density at radius 3 is 1.64 bits per heavy atom. The first-order chi connectivity index (χ1) is 10.7. The minimum Gasteiger partial charge on any atom is -0.487 e. The molecule has 0 saturated heterocycles. The molecule has 0 saturated carbocycles. The zero-order valence-electron chi connectivity index (χ0n) is 12.0. The Labute approximate surface area is 127 Å². The van der Waals surface area contributed by atoms with Crippen LogP contribution in [0.4, 0.5) is 8.78 Å². The van der Waals surface area contributed by atoms with Gasteiger partial charge in [0, 0.05) is 24.0 Å². The maximum atomic E-state index is 14.1. The maximum Gasteiger partial charge on any atom is 0.165 e. The average Bonchev–Trinajstić information content (AvgIpc) is 2.47. The smallest absolute Gasteiger partial charge is 0.165 e. The summed E-state index contributed by atoms with van der Waals surface area (Å²) < 4.78 is 40.0. The number of fused-ring (bicyclic) bond motifs is 5. The second kappa shape index (κ2) is 5.27. The van der Waals surface area contributed by atoms with Crippen LogP contribution in [0, 0.1) is 11.6 Å². The molecule has 0 spiro atoms. The van der Waals surface area contributed by atoms with Gasteiger partial charge in [0.1, 0.15) is 12.2 Å². The standard InChI is InChI=1S/C18H16F2O2/c19-15-5-1-3-11-9-13-7-8-14(21-17(11)15)10-12-4-2-6-16(20)18(12)22-13/h1-6,13-14H,7-10H2. The molecule has 0 aliphatic carbocycles. The fourth-order valence-electron chi connectivity index (χ4n) is 3.29. The molecule has 2 aliphatic heterocycles. The number of para-hydroxylation sites is 2. The van der Waals surface area contributed by atoms with E-state index in [1.165, 1.54) is 12.1 Å². The first kappa shape index (κ1) is 13.6. The Kier molecular flexibility index (Phi) is 3.25. The molecular weight excluding hydrogens is 286 g/mol. The number of halogens is 2. The summed E-state index contributed by atoms with van der Waals surface area (Å²) in [6, 6.07) is 9.86. The molecule has 0 aromatic heterocycles. The summed E-state index contributed by atoms with van der Waals surface area (Å²) in [4.78, 5) is 0. The van der Waals surface area contributed by atoms with Crippen LogP contribution >= 0.6 is 0 Å². The molecule has 0 fully saturated rings. The highest BCUT2D eigenvalue weighted by molar-refractivity contribution is 5.39. The van der Waals surface area contributed by atoms with E-state index in [0.717, 1.165) is 24.0 Å². The summed E-state index contributed by atoms with van der Waals surface area (Å²) in [5.74, 6) is -0.0484. The molecule has 2 bridgehead atoms. The lowest BCUT2D eigenvalue weighted by Crippen LogP contribution is -2.32. The molecule has 2 atom stereocenters. The zero-order valence-corrected chi connectivity index (χ0v) is 12.0. The molecule has 22 heavy (non-hydrogen) atoms. The second-order valence-corrected chi connectivity index (χ2v) is 5.92. The van der Waals surface area contributed by atoms with E-state index in [2.05, 4.69) is 0 Å². The summed E-state index contributed by atoms with van der Waals surface area (Å²) in [6.07, 6.45) is 2.26. The molecule has 2 heterocycles. The fourth-order valence-corrected chi connectivity index (χ4v) is 3.29. The van der Waals surface area contributed by atoms with Crippen molar-refractivity contribution in [2.75, 3.05) is 0 Å². The van der Waals surface area contributed by atoms with Gasteiger partial charge >= 0.3 is 0 Å². The molecule has 2 nitrogen and oxygen atoms in total. The lowest BCUT2D eigenvalue weighted by molar-refractivity contribution is 0.106. The SMILES string of the molecule is Fc1cccc2c1OC1CCC(C2)Oc2c(F)cccc2C1. The Hall–Kier alpha value is -2.10. The van der Waals surface area contributed by atoms with Gasteiger partial charge in [-0.3, -0.25) is 0 Å². The zero-order chi connectivity index (χ0) is 15.1. The predicted molar refractivity (Wildman–Crippen MR) is 78.3 cm³/mol. The van der Waals surface area contributed by atoms with Gasteiger partial charge in [-0.15, -0.1) is 0 Å². The number of benzene rings is 2. The quantitative estimate of drug-likeness (QED) is 0.731. The van der Waals surface area contributed by atoms with Gasteiger partial charge in [0.05, 0.1) is 0 Å². The molecule has 0 radical (unpaired) electrons. The Balaban J connectivity index is 1.79. The maximum absolute atomic E-state index is 14.1. The minimum atomic E-state index is -0.344. The van der Waals surface area contributed by atoms with Gasteiger partial charge in [0.2, 0.25) is 0 Å². The van der Waals surface area contributed by atoms with Gasteiger partial charge in [-0.05, 0) is 25.0 Å². The van der Waals surface area contributed by atoms with Crippen LogP contribution in [0.25, 0.3) is 0 Å². The van der Waals surface area contributed by atoms with E-state index in [-0.39, 0.29) is 23.8 Å². The van der Waals surface area contributed by atoms with E-state index in [0.29, 0.717) is 24.3 Å². The summed E-state index contributed by atoms with van der Waals surface area (Å²) >= 11 is 0. The molecule has 4 rings (SSSR count). The van der Waals surface area contributed by atoms with Gasteiger partial charge < -0.3 is 9.47 Å². The van der Waals surface area contributed by atoms with Gasteiger partial charge in [-0.1, -0.05) is 24.3 Å². The molecule has 2 aromatic rings. The third-order valence-corrected chi connectivity index (χ3v) is 4.37. The molecule has 114 valence electrons. The number of rotatable bonds is 0. The lowest BCUT2D eigenvalue weighted by atomic mass is 9.94. The van der Waals surface area contributed by atoms with Gasteiger partial charge in [-0.2, -0.15) is 0 Å². The van der Waals surface area contributed by atoms with E-state index in [9.17, 15) is 8.78 Å². The summed E-state index contributed by atoms with van der Waals surface area (Å²) in [7, 11) is 0. The van der Waals surface area contributed by atoms with Crippen molar-refractivity contribution in [1.82, 2.24) is 0 Å². The van der Waals surface area contributed by atoms with Crippen LogP contribution in [0.3, 0.4) is 0 Å². The van der Waals surface area contributed by atoms with Crippen molar-refractivity contribution < 1.29 is 18.3 Å². The Bertz CT molecular complexity index is 653. The average molecular weight is 302 g/mol. The van der Waals surface area contributed by atoms with Crippen LogP contribution in [-0.2, 0) is 12.8 Å². The topological polar surface area (TPSA) is 18.5 Å². The molecule has 4 heteroatoms. The Morgan fingerprint density at radius 1 is 0.727 bits per heavy atom. The monoisotopic (exact) mass is 302 g/mol. The summed E-state index contributed by atoms with van der Waals surface area (Å²) in [6.45, 7) is 0. The molecule has 2 unspecified atom stereocenters. The van der Waals surface area contributed by atoms with E-state index in [1.54, 1.807) is 12.1 Å². The van der Waals surface area contributed by atoms with Crippen molar-refractivity contribution in [3.05, 3.63) is 59.2 Å². The normalized spacial score (nSPS) is 23.0. The van der Waals surface area contributed by atoms with Crippen LogP contribution in [0.1, 0.15) is 24.0 Å². The molecule has 2 aromatic carbocycles. The van der Waals surface area contributed by atoms with Crippen LogP contribution in [-0.4, -0.2) is 12.2 Å². The number of hydrogen-bond donors (Lipinski definition) is 0. The van der Waals surface area contributed by atoms with Gasteiger partial charge in [0.25, 0.3) is 0 Å². The van der Waals surface area contributed by atoms with Crippen LogP contribution < -0.4 is 9.47 Å². The van der Waals surface area contributed by atoms with Crippen molar-refractivity contribution in [3.8, 4) is 11.5 Å². The van der Waals surface area contributed by atoms with Crippen LogP contribution in [0.5, 0.6) is 11.5 Å². The molecule has 0 N–H and O–H groups in total. The highest BCUT2D eigenvalue weighted by Crippen LogP contribution is 2.36. The van der Waals surface area contributed by atoms with Crippen LogP contribution in [0.15, 0.2) is 36.4 Å². The number of hydrogen-bond acceptors (Lipinski definition) is 2. The van der Waals surface area contributed by atoms with Crippen LogP contribution in [0.2, 0.25) is 0 Å². The van der Waals surface area contributed by atoms with Crippen molar-refractivity contribution in [3.63, 3.8) is 0 Å². The van der Waals surface area contributed by atoms with Gasteiger partial charge in [-0.25, -0.2) is 8.78 Å². The molecular formula is C18H16F2O2. The largest absolute Gasteiger partial charge is 0.487 e.